The van der Waals surface area contributed by atoms with Crippen molar-refractivity contribution in [3.63, 3.8) is 0 Å². The second-order valence-corrected chi connectivity index (χ2v) is 5.47. The van der Waals surface area contributed by atoms with Crippen molar-refractivity contribution in [2.75, 3.05) is 18.0 Å². The highest BCUT2D eigenvalue weighted by atomic mass is 32.1. The molecule has 1 N–H and O–H groups in total. The molecule has 1 heterocycles. The Kier molecular flexibility index (Phi) is 5.05. The molecule has 2 aromatic rings. The highest BCUT2D eigenvalue weighted by molar-refractivity contribution is 7.14. The van der Waals surface area contributed by atoms with E-state index in [1.165, 1.54) is 23.5 Å². The summed E-state index contributed by atoms with van der Waals surface area (Å²) >= 11 is 1.36. The number of aromatic nitrogens is 1. The third-order valence-corrected chi connectivity index (χ3v) is 3.86. The summed E-state index contributed by atoms with van der Waals surface area (Å²) in [6.45, 7) is 2.49. The van der Waals surface area contributed by atoms with Crippen molar-refractivity contribution in [1.82, 2.24) is 4.98 Å². The van der Waals surface area contributed by atoms with Gasteiger partial charge in [-0.25, -0.2) is 4.98 Å². The van der Waals surface area contributed by atoms with Gasteiger partial charge in [-0.15, -0.1) is 11.3 Å². The molecular formula is C14H15N3O4S. The van der Waals surface area contributed by atoms with Crippen molar-refractivity contribution in [2.45, 2.75) is 13.3 Å². The van der Waals surface area contributed by atoms with Crippen LogP contribution in [0.1, 0.15) is 13.3 Å². The fraction of sp³-hybridized carbons (Fsp3) is 0.286. The van der Waals surface area contributed by atoms with Crippen LogP contribution in [0.4, 0.5) is 10.8 Å². The van der Waals surface area contributed by atoms with Gasteiger partial charge >= 0.3 is 5.97 Å². The van der Waals surface area contributed by atoms with E-state index in [4.69, 9.17) is 5.11 Å². The highest BCUT2D eigenvalue weighted by Gasteiger charge is 2.15. The van der Waals surface area contributed by atoms with E-state index < -0.39 is 10.9 Å². The number of anilines is 1. The predicted octanol–water partition coefficient (Wildman–Crippen LogP) is 3.02. The summed E-state index contributed by atoms with van der Waals surface area (Å²) in [5.74, 6) is -0.902. The summed E-state index contributed by atoms with van der Waals surface area (Å²) in [6, 6.07) is 6.13. The van der Waals surface area contributed by atoms with Crippen LogP contribution < -0.4 is 4.90 Å². The minimum atomic E-state index is -0.902. The number of carbonyl (C=O) groups is 1. The van der Waals surface area contributed by atoms with Gasteiger partial charge in [0.2, 0.25) is 0 Å². The van der Waals surface area contributed by atoms with Crippen molar-refractivity contribution < 1.29 is 14.8 Å². The maximum atomic E-state index is 10.9. The number of nitro groups is 1. The average molecular weight is 321 g/mol. The Hall–Kier alpha value is -2.48. The molecule has 2 rings (SSSR count). The van der Waals surface area contributed by atoms with Crippen LogP contribution in [0.25, 0.3) is 11.3 Å². The van der Waals surface area contributed by atoms with Crippen LogP contribution in [0.2, 0.25) is 0 Å². The van der Waals surface area contributed by atoms with Crippen LogP contribution >= 0.6 is 11.3 Å². The van der Waals surface area contributed by atoms with Crippen LogP contribution in [0, 0.1) is 10.1 Å². The molecule has 0 aliphatic carbocycles. The summed E-state index contributed by atoms with van der Waals surface area (Å²) in [5.41, 5.74) is 1.47. The van der Waals surface area contributed by atoms with Gasteiger partial charge in [0.15, 0.2) is 5.13 Å². The number of hydrogen-bond acceptors (Lipinski definition) is 6. The summed E-state index contributed by atoms with van der Waals surface area (Å²) in [6.07, 6.45) is 0.819. The molecule has 0 aliphatic heterocycles. The number of rotatable bonds is 7. The van der Waals surface area contributed by atoms with E-state index in [0.717, 1.165) is 12.0 Å². The van der Waals surface area contributed by atoms with Crippen LogP contribution in [0.5, 0.6) is 0 Å². The van der Waals surface area contributed by atoms with E-state index in [0.29, 0.717) is 17.4 Å². The number of thiazole rings is 1. The summed E-state index contributed by atoms with van der Waals surface area (Å²) in [5, 5.41) is 22.1. The zero-order valence-corrected chi connectivity index (χ0v) is 12.7. The first-order chi connectivity index (χ1) is 10.5. The number of non-ortho nitro benzene ring substituents is 1. The SMILES string of the molecule is CCCN(CC(=O)O)c1nc(-c2ccc([N+](=O)[O-])cc2)cs1. The normalized spacial score (nSPS) is 10.4. The number of carboxylic acids is 1. The van der Waals surface area contributed by atoms with E-state index in [2.05, 4.69) is 4.98 Å². The van der Waals surface area contributed by atoms with Gasteiger partial charge in [0, 0.05) is 29.6 Å². The fourth-order valence-electron chi connectivity index (χ4n) is 1.97. The molecule has 0 atom stereocenters. The van der Waals surface area contributed by atoms with Crippen molar-refractivity contribution in [2.24, 2.45) is 0 Å². The zero-order valence-electron chi connectivity index (χ0n) is 11.9. The smallest absolute Gasteiger partial charge is 0.323 e. The minimum absolute atomic E-state index is 0.0256. The summed E-state index contributed by atoms with van der Waals surface area (Å²) in [7, 11) is 0. The van der Waals surface area contributed by atoms with Gasteiger partial charge in [0.1, 0.15) is 6.54 Å². The van der Waals surface area contributed by atoms with Gasteiger partial charge < -0.3 is 10.0 Å². The molecule has 0 radical (unpaired) electrons. The highest BCUT2D eigenvalue weighted by Crippen LogP contribution is 2.28. The number of nitrogens with zero attached hydrogens (tertiary/aromatic N) is 3. The molecule has 0 saturated heterocycles. The quantitative estimate of drug-likeness (QED) is 0.622. The number of benzene rings is 1. The Balaban J connectivity index is 2.22. The molecule has 116 valence electrons. The van der Waals surface area contributed by atoms with E-state index >= 15 is 0 Å². The summed E-state index contributed by atoms with van der Waals surface area (Å²) in [4.78, 5) is 27.2. The molecule has 0 spiro atoms. The zero-order chi connectivity index (χ0) is 16.1. The first-order valence-corrected chi connectivity index (χ1v) is 7.56. The van der Waals surface area contributed by atoms with Crippen molar-refractivity contribution >= 4 is 28.1 Å². The molecule has 0 unspecified atom stereocenters. The number of hydrogen-bond donors (Lipinski definition) is 1. The Morgan fingerprint density at radius 1 is 1.41 bits per heavy atom. The molecule has 0 aliphatic rings. The maximum Gasteiger partial charge on any atom is 0.323 e. The van der Waals surface area contributed by atoms with E-state index in [1.807, 2.05) is 12.3 Å². The summed E-state index contributed by atoms with van der Waals surface area (Å²) < 4.78 is 0. The van der Waals surface area contributed by atoms with Gasteiger partial charge in [-0.05, 0) is 18.6 Å². The number of carboxylic acid groups (broad SMARTS) is 1. The largest absolute Gasteiger partial charge is 0.480 e. The van der Waals surface area contributed by atoms with Crippen LogP contribution in [0.3, 0.4) is 0 Å². The van der Waals surface area contributed by atoms with Crippen LogP contribution in [-0.4, -0.2) is 34.1 Å². The molecule has 8 heteroatoms. The standard InChI is InChI=1S/C14H15N3O4S/c1-2-7-16(8-13(18)19)14-15-12(9-22-14)10-3-5-11(6-4-10)17(20)21/h3-6,9H,2,7-8H2,1H3,(H,18,19). The average Bonchev–Trinajstić information content (AvgIpc) is 2.96. The first kappa shape index (κ1) is 15.9. The van der Waals surface area contributed by atoms with Gasteiger partial charge in [-0.1, -0.05) is 6.92 Å². The third-order valence-electron chi connectivity index (χ3n) is 2.96. The molecule has 22 heavy (non-hydrogen) atoms. The molecule has 1 aromatic carbocycles. The Labute approximate surface area is 131 Å². The van der Waals surface area contributed by atoms with Crippen molar-refractivity contribution in [3.05, 3.63) is 39.8 Å². The second-order valence-electron chi connectivity index (χ2n) is 4.63. The molecule has 0 fully saturated rings. The Morgan fingerprint density at radius 3 is 2.64 bits per heavy atom. The number of aliphatic carboxylic acids is 1. The van der Waals surface area contributed by atoms with E-state index in [-0.39, 0.29) is 12.2 Å². The molecule has 7 nitrogen and oxygen atoms in total. The lowest BCUT2D eigenvalue weighted by molar-refractivity contribution is -0.384. The Morgan fingerprint density at radius 2 is 2.09 bits per heavy atom. The van der Waals surface area contributed by atoms with E-state index in [9.17, 15) is 14.9 Å². The van der Waals surface area contributed by atoms with Crippen LogP contribution in [0.15, 0.2) is 29.6 Å². The van der Waals surface area contributed by atoms with Gasteiger partial charge in [0.25, 0.3) is 5.69 Å². The molecule has 1 aromatic heterocycles. The lowest BCUT2D eigenvalue weighted by Gasteiger charge is -2.18. The lowest BCUT2D eigenvalue weighted by atomic mass is 10.1. The minimum Gasteiger partial charge on any atom is -0.480 e. The molecule has 0 bridgehead atoms. The number of nitro benzene ring substituents is 1. The van der Waals surface area contributed by atoms with Gasteiger partial charge in [-0.3, -0.25) is 14.9 Å². The second kappa shape index (κ2) is 6.99. The first-order valence-electron chi connectivity index (χ1n) is 6.68. The monoisotopic (exact) mass is 321 g/mol. The van der Waals surface area contributed by atoms with Crippen LogP contribution in [-0.2, 0) is 4.79 Å². The van der Waals surface area contributed by atoms with Gasteiger partial charge in [-0.2, -0.15) is 0 Å². The van der Waals surface area contributed by atoms with Crippen molar-refractivity contribution in [3.8, 4) is 11.3 Å². The lowest BCUT2D eigenvalue weighted by Crippen LogP contribution is -2.30. The third kappa shape index (κ3) is 3.79. The maximum absolute atomic E-state index is 10.9. The fourth-order valence-corrected chi connectivity index (χ4v) is 2.83. The molecular weight excluding hydrogens is 306 g/mol. The topological polar surface area (TPSA) is 96.6 Å². The predicted molar refractivity (Wildman–Crippen MR) is 84.3 cm³/mol. The molecule has 0 amide bonds. The Bertz CT molecular complexity index is 669. The molecule has 0 saturated carbocycles. The van der Waals surface area contributed by atoms with Gasteiger partial charge in [0.05, 0.1) is 10.6 Å². The van der Waals surface area contributed by atoms with Crippen molar-refractivity contribution in [1.29, 1.82) is 0 Å². The van der Waals surface area contributed by atoms with E-state index in [1.54, 1.807) is 17.0 Å².